The lowest BCUT2D eigenvalue weighted by molar-refractivity contribution is 0.0654. The van der Waals surface area contributed by atoms with E-state index < -0.39 is 0 Å². The highest BCUT2D eigenvalue weighted by atomic mass is 16.3. The number of urea groups is 1. The van der Waals surface area contributed by atoms with E-state index in [9.17, 15) is 9.90 Å². The Balaban J connectivity index is 1.54. The van der Waals surface area contributed by atoms with Crippen LogP contribution in [0.15, 0.2) is 0 Å². The number of H-pyrrole nitrogens is 1. The second-order valence-electron chi connectivity index (χ2n) is 8.35. The smallest absolute Gasteiger partial charge is 0.317 e. The van der Waals surface area contributed by atoms with E-state index >= 15 is 0 Å². The number of aromatic nitrogens is 2. The first-order valence-corrected chi connectivity index (χ1v) is 10.5. The maximum atomic E-state index is 12.7. The first-order valence-electron chi connectivity index (χ1n) is 10.5. The number of aliphatic hydroxyl groups is 1. The van der Waals surface area contributed by atoms with Crippen LogP contribution >= 0.6 is 0 Å². The van der Waals surface area contributed by atoms with Crippen molar-refractivity contribution < 1.29 is 9.90 Å². The molecule has 2 heterocycles. The Kier molecular flexibility index (Phi) is 7.13. The second-order valence-corrected chi connectivity index (χ2v) is 8.35. The quantitative estimate of drug-likeness (QED) is 0.661. The average molecular weight is 378 g/mol. The summed E-state index contributed by atoms with van der Waals surface area (Å²) in [5.41, 5.74) is 3.56. The van der Waals surface area contributed by atoms with Crippen LogP contribution in [0.4, 0.5) is 4.79 Å². The van der Waals surface area contributed by atoms with E-state index in [1.165, 1.54) is 30.5 Å². The molecule has 0 spiro atoms. The zero-order chi connectivity index (χ0) is 19.2. The van der Waals surface area contributed by atoms with Gasteiger partial charge in [0.05, 0.1) is 12.2 Å². The maximum absolute atomic E-state index is 12.7. The van der Waals surface area contributed by atoms with Crippen LogP contribution in [0.5, 0.6) is 0 Å². The lowest BCUT2D eigenvalue weighted by atomic mass is 10.1. The number of amides is 2. The summed E-state index contributed by atoms with van der Waals surface area (Å²) < 4.78 is 0. The van der Waals surface area contributed by atoms with Crippen molar-refractivity contribution in [1.29, 1.82) is 0 Å². The number of aromatic amines is 1. The number of nitrogens with one attached hydrogen (secondary N) is 2. The van der Waals surface area contributed by atoms with Gasteiger partial charge in [0, 0.05) is 44.5 Å². The number of carbonyl (C=O) groups is 1. The van der Waals surface area contributed by atoms with Crippen molar-refractivity contribution in [3.05, 3.63) is 17.0 Å². The molecule has 1 aliphatic heterocycles. The molecule has 0 unspecified atom stereocenters. The van der Waals surface area contributed by atoms with Gasteiger partial charge in [-0.2, -0.15) is 5.10 Å². The minimum absolute atomic E-state index is 0.0208. The van der Waals surface area contributed by atoms with Crippen molar-refractivity contribution in [2.45, 2.75) is 65.0 Å². The fraction of sp³-hybridized carbons (Fsp3) is 0.800. The fourth-order valence-electron chi connectivity index (χ4n) is 4.35. The number of aryl methyl sites for hydroxylation is 1. The van der Waals surface area contributed by atoms with E-state index in [4.69, 9.17) is 0 Å². The Morgan fingerprint density at radius 3 is 2.89 bits per heavy atom. The van der Waals surface area contributed by atoms with Gasteiger partial charge in [0.1, 0.15) is 0 Å². The van der Waals surface area contributed by atoms with Crippen LogP contribution in [0.1, 0.15) is 56.5 Å². The summed E-state index contributed by atoms with van der Waals surface area (Å²) in [6.07, 6.45) is 6.52. The van der Waals surface area contributed by atoms with Crippen LogP contribution in [0.3, 0.4) is 0 Å². The Morgan fingerprint density at radius 1 is 1.30 bits per heavy atom. The molecule has 1 aliphatic carbocycles. The molecule has 152 valence electrons. The number of hydrogen-bond acceptors (Lipinski definition) is 4. The van der Waals surface area contributed by atoms with Gasteiger partial charge in [-0.15, -0.1) is 0 Å². The Labute approximate surface area is 162 Å². The van der Waals surface area contributed by atoms with Gasteiger partial charge in [-0.05, 0) is 43.6 Å². The molecule has 7 nitrogen and oxygen atoms in total. The molecule has 1 aromatic heterocycles. The van der Waals surface area contributed by atoms with Crippen molar-refractivity contribution in [2.24, 2.45) is 5.92 Å². The van der Waals surface area contributed by atoms with Crippen LogP contribution in [0, 0.1) is 5.92 Å². The van der Waals surface area contributed by atoms with E-state index in [1.807, 2.05) is 4.90 Å². The van der Waals surface area contributed by atoms with E-state index in [2.05, 4.69) is 34.3 Å². The third-order valence-corrected chi connectivity index (χ3v) is 5.75. The molecule has 0 radical (unpaired) electrons. The SMILES string of the molecule is CC(C)CN1CCN(C(=O)NCc2n[nH]c3c2CCCCC3)C[C@H]1CCO. The number of rotatable bonds is 6. The van der Waals surface area contributed by atoms with Gasteiger partial charge in [-0.3, -0.25) is 10.00 Å². The number of hydrogen-bond donors (Lipinski definition) is 3. The lowest BCUT2D eigenvalue weighted by Crippen LogP contribution is -2.57. The normalized spacial score (nSPS) is 21.2. The summed E-state index contributed by atoms with van der Waals surface area (Å²) in [7, 11) is 0. The summed E-state index contributed by atoms with van der Waals surface area (Å²) in [4.78, 5) is 17.0. The van der Waals surface area contributed by atoms with Gasteiger partial charge < -0.3 is 15.3 Å². The van der Waals surface area contributed by atoms with Crippen molar-refractivity contribution in [2.75, 3.05) is 32.8 Å². The summed E-state index contributed by atoms with van der Waals surface area (Å²) in [6, 6.07) is 0.214. The molecule has 3 N–H and O–H groups in total. The standard InChI is InChI=1S/C20H35N5O2/c1-15(2)13-24-9-10-25(14-16(24)8-11-26)20(27)21-12-19-17-6-4-3-5-7-18(17)22-23-19/h15-16,26H,3-14H2,1-2H3,(H,21,27)(H,22,23)/t16-/m1/s1. The minimum Gasteiger partial charge on any atom is -0.396 e. The van der Waals surface area contributed by atoms with Crippen molar-refractivity contribution in [3.8, 4) is 0 Å². The van der Waals surface area contributed by atoms with Gasteiger partial charge >= 0.3 is 6.03 Å². The highest BCUT2D eigenvalue weighted by Gasteiger charge is 2.29. The van der Waals surface area contributed by atoms with Gasteiger partial charge in [0.25, 0.3) is 0 Å². The Bertz CT molecular complexity index is 616. The molecule has 0 aromatic carbocycles. The average Bonchev–Trinajstić information content (AvgIpc) is 2.87. The van der Waals surface area contributed by atoms with Gasteiger partial charge in [0.15, 0.2) is 0 Å². The predicted molar refractivity (Wildman–Crippen MR) is 106 cm³/mol. The lowest BCUT2D eigenvalue weighted by Gasteiger charge is -2.42. The second kappa shape index (κ2) is 9.55. The maximum Gasteiger partial charge on any atom is 0.317 e. The fourth-order valence-corrected chi connectivity index (χ4v) is 4.35. The summed E-state index contributed by atoms with van der Waals surface area (Å²) >= 11 is 0. The number of aliphatic hydroxyl groups excluding tert-OH is 1. The van der Waals surface area contributed by atoms with Crippen LogP contribution in [-0.2, 0) is 19.4 Å². The molecule has 0 saturated carbocycles. The number of carbonyl (C=O) groups excluding carboxylic acids is 1. The van der Waals surface area contributed by atoms with E-state index in [0.29, 0.717) is 25.4 Å². The monoisotopic (exact) mass is 377 g/mol. The molecular formula is C20H35N5O2. The number of nitrogens with zero attached hydrogens (tertiary/aromatic N) is 3. The highest BCUT2D eigenvalue weighted by molar-refractivity contribution is 5.74. The predicted octanol–water partition coefficient (Wildman–Crippen LogP) is 1.91. The van der Waals surface area contributed by atoms with Crippen LogP contribution in [0.2, 0.25) is 0 Å². The molecule has 1 saturated heterocycles. The Hall–Kier alpha value is -1.60. The molecular weight excluding hydrogens is 342 g/mol. The molecule has 1 aromatic rings. The summed E-state index contributed by atoms with van der Waals surface area (Å²) in [5, 5.41) is 20.1. The zero-order valence-corrected chi connectivity index (χ0v) is 16.8. The number of piperazine rings is 1. The molecule has 2 amide bonds. The van der Waals surface area contributed by atoms with Crippen molar-refractivity contribution in [3.63, 3.8) is 0 Å². The largest absolute Gasteiger partial charge is 0.396 e. The van der Waals surface area contributed by atoms with Gasteiger partial charge in [-0.1, -0.05) is 20.3 Å². The van der Waals surface area contributed by atoms with Crippen molar-refractivity contribution in [1.82, 2.24) is 25.3 Å². The topological polar surface area (TPSA) is 84.5 Å². The summed E-state index contributed by atoms with van der Waals surface area (Å²) in [5.74, 6) is 0.585. The third-order valence-electron chi connectivity index (χ3n) is 5.75. The highest BCUT2D eigenvalue weighted by Crippen LogP contribution is 2.21. The molecule has 0 bridgehead atoms. The molecule has 7 heteroatoms. The van der Waals surface area contributed by atoms with E-state index in [1.54, 1.807) is 0 Å². The van der Waals surface area contributed by atoms with Crippen molar-refractivity contribution >= 4 is 6.03 Å². The third kappa shape index (κ3) is 5.23. The van der Waals surface area contributed by atoms with Gasteiger partial charge in [-0.25, -0.2) is 4.79 Å². The Morgan fingerprint density at radius 2 is 2.11 bits per heavy atom. The number of fused-ring (bicyclic) bond motifs is 1. The van der Waals surface area contributed by atoms with Crippen LogP contribution in [-0.4, -0.2) is 70.0 Å². The summed E-state index contributed by atoms with van der Waals surface area (Å²) in [6.45, 7) is 8.37. The van der Waals surface area contributed by atoms with E-state index in [0.717, 1.165) is 38.2 Å². The molecule has 1 fully saturated rings. The van der Waals surface area contributed by atoms with Gasteiger partial charge in [0.2, 0.25) is 0 Å². The molecule has 1 atom stereocenters. The van der Waals surface area contributed by atoms with Crippen LogP contribution < -0.4 is 5.32 Å². The first kappa shape index (κ1) is 20.1. The molecule has 2 aliphatic rings. The molecule has 27 heavy (non-hydrogen) atoms. The molecule has 3 rings (SSSR count). The minimum atomic E-state index is -0.0208. The first-order chi connectivity index (χ1) is 13.1. The van der Waals surface area contributed by atoms with Crippen LogP contribution in [0.25, 0.3) is 0 Å². The zero-order valence-electron chi connectivity index (χ0n) is 16.8. The van der Waals surface area contributed by atoms with E-state index in [-0.39, 0.29) is 18.7 Å².